The standard InChI is InChI=1S/C10H18O2/c1-7(2)8-4-5-10(3,12)6-9(8)11/h7-8,12H,4-6H2,1-3H3/t8?,10-/m0/s1. The van der Waals surface area contributed by atoms with Crippen LogP contribution in [0.25, 0.3) is 0 Å². The minimum Gasteiger partial charge on any atom is -0.390 e. The van der Waals surface area contributed by atoms with Gasteiger partial charge in [0.05, 0.1) is 5.60 Å². The Morgan fingerprint density at radius 1 is 1.58 bits per heavy atom. The maximum absolute atomic E-state index is 11.5. The van der Waals surface area contributed by atoms with Crippen LogP contribution in [0.1, 0.15) is 40.0 Å². The summed E-state index contributed by atoms with van der Waals surface area (Å²) in [6.45, 7) is 5.90. The largest absolute Gasteiger partial charge is 0.390 e. The summed E-state index contributed by atoms with van der Waals surface area (Å²) < 4.78 is 0. The van der Waals surface area contributed by atoms with E-state index in [4.69, 9.17) is 0 Å². The van der Waals surface area contributed by atoms with Gasteiger partial charge in [0.1, 0.15) is 5.78 Å². The molecule has 1 unspecified atom stereocenters. The third kappa shape index (κ3) is 2.07. The molecule has 70 valence electrons. The molecule has 0 aliphatic heterocycles. The Bertz CT molecular complexity index is 182. The van der Waals surface area contributed by atoms with E-state index in [1.165, 1.54) is 0 Å². The molecule has 2 nitrogen and oxygen atoms in total. The molecule has 0 aromatic heterocycles. The van der Waals surface area contributed by atoms with E-state index in [9.17, 15) is 9.90 Å². The zero-order valence-corrected chi connectivity index (χ0v) is 8.13. The number of ketones is 1. The van der Waals surface area contributed by atoms with Crippen LogP contribution in [-0.2, 0) is 4.79 Å². The zero-order chi connectivity index (χ0) is 9.35. The van der Waals surface area contributed by atoms with Crippen molar-refractivity contribution >= 4 is 5.78 Å². The number of hydrogen-bond acceptors (Lipinski definition) is 2. The van der Waals surface area contributed by atoms with Crippen LogP contribution < -0.4 is 0 Å². The third-order valence-electron chi connectivity index (χ3n) is 2.77. The Balaban J connectivity index is 2.60. The summed E-state index contributed by atoms with van der Waals surface area (Å²) in [6, 6.07) is 0. The number of aliphatic hydroxyl groups is 1. The van der Waals surface area contributed by atoms with E-state index in [2.05, 4.69) is 13.8 Å². The lowest BCUT2D eigenvalue weighted by Crippen LogP contribution is -2.38. The lowest BCUT2D eigenvalue weighted by molar-refractivity contribution is -0.133. The molecule has 1 saturated carbocycles. The molecule has 2 atom stereocenters. The summed E-state index contributed by atoms with van der Waals surface area (Å²) >= 11 is 0. The van der Waals surface area contributed by atoms with E-state index < -0.39 is 5.60 Å². The van der Waals surface area contributed by atoms with Crippen LogP contribution >= 0.6 is 0 Å². The Morgan fingerprint density at radius 2 is 2.17 bits per heavy atom. The summed E-state index contributed by atoms with van der Waals surface area (Å²) in [5, 5.41) is 9.62. The fraction of sp³-hybridized carbons (Fsp3) is 0.900. The summed E-state index contributed by atoms with van der Waals surface area (Å²) in [7, 11) is 0. The highest BCUT2D eigenvalue weighted by atomic mass is 16.3. The number of Topliss-reactive ketones (excluding diaryl/α,β-unsaturated/α-hetero) is 1. The Labute approximate surface area is 74.0 Å². The van der Waals surface area contributed by atoms with Crippen LogP contribution in [0.4, 0.5) is 0 Å². The molecule has 1 N–H and O–H groups in total. The van der Waals surface area contributed by atoms with E-state index in [0.717, 1.165) is 12.8 Å². The van der Waals surface area contributed by atoms with E-state index in [-0.39, 0.29) is 11.7 Å². The van der Waals surface area contributed by atoms with Gasteiger partial charge >= 0.3 is 0 Å². The molecule has 1 fully saturated rings. The van der Waals surface area contributed by atoms with Crippen LogP contribution in [0.3, 0.4) is 0 Å². The van der Waals surface area contributed by atoms with Crippen molar-refractivity contribution in [3.05, 3.63) is 0 Å². The highest BCUT2D eigenvalue weighted by Crippen LogP contribution is 2.32. The molecule has 12 heavy (non-hydrogen) atoms. The molecule has 0 bridgehead atoms. The third-order valence-corrected chi connectivity index (χ3v) is 2.77. The second kappa shape index (κ2) is 3.17. The highest BCUT2D eigenvalue weighted by molar-refractivity contribution is 5.83. The number of hydrogen-bond donors (Lipinski definition) is 1. The fourth-order valence-electron chi connectivity index (χ4n) is 1.93. The van der Waals surface area contributed by atoms with Gasteiger partial charge in [0, 0.05) is 12.3 Å². The molecule has 0 heterocycles. The molecule has 0 spiro atoms. The van der Waals surface area contributed by atoms with Crippen molar-refractivity contribution in [1.29, 1.82) is 0 Å². The molecule has 2 heteroatoms. The predicted octanol–water partition coefficient (Wildman–Crippen LogP) is 1.76. The molecule has 0 aromatic rings. The van der Waals surface area contributed by atoms with Crippen LogP contribution in [0.5, 0.6) is 0 Å². The quantitative estimate of drug-likeness (QED) is 0.651. The van der Waals surface area contributed by atoms with Crippen molar-refractivity contribution in [3.8, 4) is 0 Å². The first-order valence-corrected chi connectivity index (χ1v) is 4.67. The van der Waals surface area contributed by atoms with Crippen molar-refractivity contribution < 1.29 is 9.90 Å². The molecular formula is C10H18O2. The van der Waals surface area contributed by atoms with Gasteiger partial charge in [-0.1, -0.05) is 13.8 Å². The zero-order valence-electron chi connectivity index (χ0n) is 8.13. The van der Waals surface area contributed by atoms with E-state index >= 15 is 0 Å². The monoisotopic (exact) mass is 170 g/mol. The Morgan fingerprint density at radius 3 is 2.58 bits per heavy atom. The molecular weight excluding hydrogens is 152 g/mol. The highest BCUT2D eigenvalue weighted by Gasteiger charge is 2.35. The summed E-state index contributed by atoms with van der Waals surface area (Å²) in [5.41, 5.74) is -0.734. The molecule has 1 aliphatic rings. The first-order chi connectivity index (χ1) is 5.42. The summed E-state index contributed by atoms with van der Waals surface area (Å²) in [4.78, 5) is 11.5. The number of carbonyl (C=O) groups excluding carboxylic acids is 1. The molecule has 0 aromatic carbocycles. The Kier molecular flexibility index (Phi) is 2.57. The van der Waals surface area contributed by atoms with E-state index in [1.54, 1.807) is 6.92 Å². The lowest BCUT2D eigenvalue weighted by Gasteiger charge is -2.33. The van der Waals surface area contributed by atoms with Crippen molar-refractivity contribution in [2.24, 2.45) is 11.8 Å². The molecule has 0 saturated heterocycles. The number of carbonyl (C=O) groups is 1. The Hall–Kier alpha value is -0.370. The molecule has 1 aliphatic carbocycles. The second-order valence-electron chi connectivity index (χ2n) is 4.53. The van der Waals surface area contributed by atoms with Gasteiger partial charge in [-0.2, -0.15) is 0 Å². The van der Waals surface area contributed by atoms with Gasteiger partial charge in [-0.05, 0) is 25.7 Å². The average molecular weight is 170 g/mol. The minimum absolute atomic E-state index is 0.185. The van der Waals surface area contributed by atoms with Gasteiger partial charge in [0.15, 0.2) is 0 Å². The second-order valence-corrected chi connectivity index (χ2v) is 4.53. The van der Waals surface area contributed by atoms with Gasteiger partial charge in [0.2, 0.25) is 0 Å². The van der Waals surface area contributed by atoms with Crippen LogP contribution in [0.15, 0.2) is 0 Å². The van der Waals surface area contributed by atoms with Gasteiger partial charge in [-0.25, -0.2) is 0 Å². The van der Waals surface area contributed by atoms with Crippen LogP contribution in [0, 0.1) is 11.8 Å². The van der Waals surface area contributed by atoms with Crippen molar-refractivity contribution in [3.63, 3.8) is 0 Å². The van der Waals surface area contributed by atoms with Crippen molar-refractivity contribution in [2.75, 3.05) is 0 Å². The lowest BCUT2D eigenvalue weighted by atomic mass is 9.74. The first kappa shape index (κ1) is 9.72. The predicted molar refractivity (Wildman–Crippen MR) is 47.8 cm³/mol. The van der Waals surface area contributed by atoms with E-state index in [1.807, 2.05) is 0 Å². The van der Waals surface area contributed by atoms with Crippen molar-refractivity contribution in [1.82, 2.24) is 0 Å². The van der Waals surface area contributed by atoms with Crippen molar-refractivity contribution in [2.45, 2.75) is 45.6 Å². The van der Waals surface area contributed by atoms with E-state index in [0.29, 0.717) is 12.3 Å². The molecule has 0 amide bonds. The smallest absolute Gasteiger partial charge is 0.139 e. The first-order valence-electron chi connectivity index (χ1n) is 4.67. The van der Waals surface area contributed by atoms with Gasteiger partial charge < -0.3 is 5.11 Å². The molecule has 0 radical (unpaired) electrons. The summed E-state index contributed by atoms with van der Waals surface area (Å²) in [5.74, 6) is 0.847. The molecule has 1 rings (SSSR count). The SMILES string of the molecule is CC(C)C1CC[C@](C)(O)CC1=O. The summed E-state index contributed by atoms with van der Waals surface area (Å²) in [6.07, 6.45) is 1.96. The van der Waals surface area contributed by atoms with Crippen LogP contribution in [-0.4, -0.2) is 16.5 Å². The normalized spacial score (nSPS) is 37.4. The minimum atomic E-state index is -0.734. The average Bonchev–Trinajstić information content (AvgIpc) is 1.83. The van der Waals surface area contributed by atoms with Crippen LogP contribution in [0.2, 0.25) is 0 Å². The maximum atomic E-state index is 11.5. The number of rotatable bonds is 1. The van der Waals surface area contributed by atoms with Gasteiger partial charge in [0.25, 0.3) is 0 Å². The van der Waals surface area contributed by atoms with Gasteiger partial charge in [-0.15, -0.1) is 0 Å². The van der Waals surface area contributed by atoms with Gasteiger partial charge in [-0.3, -0.25) is 4.79 Å². The fourth-order valence-corrected chi connectivity index (χ4v) is 1.93. The topological polar surface area (TPSA) is 37.3 Å². The maximum Gasteiger partial charge on any atom is 0.139 e.